The van der Waals surface area contributed by atoms with Gasteiger partial charge in [-0.3, -0.25) is 14.5 Å². The van der Waals surface area contributed by atoms with Crippen molar-refractivity contribution in [2.24, 2.45) is 0 Å². The number of carbonyl (C=O) groups is 2. The number of halogens is 2. The van der Waals surface area contributed by atoms with E-state index < -0.39 is 23.5 Å². The van der Waals surface area contributed by atoms with Crippen molar-refractivity contribution in [2.75, 3.05) is 4.90 Å². The van der Waals surface area contributed by atoms with Crippen molar-refractivity contribution in [3.8, 4) is 0 Å². The Morgan fingerprint density at radius 3 is 2.45 bits per heavy atom. The SMILES string of the molecule is O=C(/C=C/c1ccccc1)C1=C(O)C(=O)N(c2nnc(SCc3ccccc3Cl)s2)C1c1ccc(Cl)cc1. The molecule has 1 aromatic heterocycles. The highest BCUT2D eigenvalue weighted by Gasteiger charge is 2.45. The molecule has 0 aliphatic carbocycles. The molecule has 3 aromatic carbocycles. The quantitative estimate of drug-likeness (QED) is 0.134. The van der Waals surface area contributed by atoms with E-state index in [0.717, 1.165) is 11.1 Å². The third-order valence-corrected chi connectivity index (χ3v) is 8.52. The lowest BCUT2D eigenvalue weighted by atomic mass is 9.96. The van der Waals surface area contributed by atoms with Crippen LogP contribution in [0.2, 0.25) is 10.0 Å². The van der Waals surface area contributed by atoms with Gasteiger partial charge in [0, 0.05) is 15.8 Å². The van der Waals surface area contributed by atoms with E-state index in [4.69, 9.17) is 23.2 Å². The standard InChI is InChI=1S/C28H19Cl2N3O3S2/c29-20-13-11-18(12-14-20)24-23(22(34)15-10-17-6-2-1-3-7-17)25(35)26(36)33(24)27-31-32-28(38-27)37-16-19-8-4-5-9-21(19)30/h1-15,24,35H,16H2/b15-10+. The first kappa shape index (κ1) is 26.2. The zero-order chi connectivity index (χ0) is 26.6. The maximum Gasteiger partial charge on any atom is 0.296 e. The summed E-state index contributed by atoms with van der Waals surface area (Å²) in [7, 11) is 0. The topological polar surface area (TPSA) is 83.4 Å². The molecular weight excluding hydrogens is 561 g/mol. The van der Waals surface area contributed by atoms with Crippen LogP contribution in [-0.4, -0.2) is 27.0 Å². The minimum atomic E-state index is -0.901. The van der Waals surface area contributed by atoms with E-state index in [0.29, 0.717) is 25.7 Å². The van der Waals surface area contributed by atoms with E-state index in [1.54, 1.807) is 30.3 Å². The van der Waals surface area contributed by atoms with Crippen molar-refractivity contribution in [2.45, 2.75) is 16.1 Å². The molecule has 5 rings (SSSR count). The monoisotopic (exact) mass is 579 g/mol. The number of anilines is 1. The minimum absolute atomic E-state index is 0.0371. The molecule has 4 aromatic rings. The highest BCUT2D eigenvalue weighted by Crippen LogP contribution is 2.43. The predicted octanol–water partition coefficient (Wildman–Crippen LogP) is 7.32. The molecule has 0 fully saturated rings. The number of rotatable bonds is 8. The molecule has 190 valence electrons. The molecule has 1 amide bonds. The average molecular weight is 581 g/mol. The van der Waals surface area contributed by atoms with Crippen molar-refractivity contribution in [3.63, 3.8) is 0 Å². The number of hydrogen-bond donors (Lipinski definition) is 1. The van der Waals surface area contributed by atoms with Crippen molar-refractivity contribution < 1.29 is 14.7 Å². The molecule has 1 aliphatic rings. The molecule has 0 saturated heterocycles. The Morgan fingerprint density at radius 2 is 1.71 bits per heavy atom. The molecule has 0 spiro atoms. The Bertz CT molecular complexity index is 1550. The second-order valence-electron chi connectivity index (χ2n) is 8.23. The van der Waals surface area contributed by atoms with Crippen molar-refractivity contribution in [1.29, 1.82) is 0 Å². The minimum Gasteiger partial charge on any atom is -0.503 e. The number of amides is 1. The average Bonchev–Trinajstić information content (AvgIpc) is 3.50. The zero-order valence-electron chi connectivity index (χ0n) is 19.6. The van der Waals surface area contributed by atoms with Gasteiger partial charge in [0.25, 0.3) is 5.91 Å². The van der Waals surface area contributed by atoms with Gasteiger partial charge in [0.1, 0.15) is 0 Å². The number of thioether (sulfide) groups is 1. The summed E-state index contributed by atoms with van der Waals surface area (Å²) in [6, 6.07) is 22.7. The molecule has 10 heteroatoms. The van der Waals surface area contributed by atoms with Crippen LogP contribution >= 0.6 is 46.3 Å². The maximum absolute atomic E-state index is 13.3. The van der Waals surface area contributed by atoms with Crippen LogP contribution in [0.4, 0.5) is 5.13 Å². The van der Waals surface area contributed by atoms with E-state index in [-0.39, 0.29) is 10.7 Å². The van der Waals surface area contributed by atoms with Gasteiger partial charge in [0.05, 0.1) is 11.6 Å². The summed E-state index contributed by atoms with van der Waals surface area (Å²) in [5.41, 5.74) is 2.33. The molecule has 1 aliphatic heterocycles. The van der Waals surface area contributed by atoms with Gasteiger partial charge in [-0.05, 0) is 41.0 Å². The Balaban J connectivity index is 1.46. The van der Waals surface area contributed by atoms with Gasteiger partial charge in [-0.2, -0.15) is 0 Å². The number of aromatic nitrogens is 2. The van der Waals surface area contributed by atoms with E-state index in [1.165, 1.54) is 34.1 Å². The molecule has 2 heterocycles. The van der Waals surface area contributed by atoms with Crippen LogP contribution in [0.5, 0.6) is 0 Å². The normalized spacial score (nSPS) is 15.6. The fraction of sp³-hybridized carbons (Fsp3) is 0.0714. The fourth-order valence-corrected chi connectivity index (χ4v) is 6.23. The zero-order valence-corrected chi connectivity index (χ0v) is 22.8. The second kappa shape index (κ2) is 11.5. The Kier molecular flexibility index (Phi) is 7.95. The van der Waals surface area contributed by atoms with Gasteiger partial charge in [0.2, 0.25) is 5.13 Å². The van der Waals surface area contributed by atoms with Crippen LogP contribution in [0, 0.1) is 0 Å². The molecule has 6 nitrogen and oxygen atoms in total. The van der Waals surface area contributed by atoms with E-state index in [2.05, 4.69) is 10.2 Å². The predicted molar refractivity (Wildman–Crippen MR) is 153 cm³/mol. The summed E-state index contributed by atoms with van der Waals surface area (Å²) in [5.74, 6) is -1.26. The summed E-state index contributed by atoms with van der Waals surface area (Å²) >= 11 is 15.0. The largest absolute Gasteiger partial charge is 0.503 e. The summed E-state index contributed by atoms with van der Waals surface area (Å²) in [6.07, 6.45) is 2.99. The van der Waals surface area contributed by atoms with Gasteiger partial charge >= 0.3 is 0 Å². The first-order chi connectivity index (χ1) is 18.4. The van der Waals surface area contributed by atoms with Crippen molar-refractivity contribution >= 4 is 69.2 Å². The number of aliphatic hydroxyl groups excluding tert-OH is 1. The third-order valence-electron chi connectivity index (χ3n) is 5.80. The van der Waals surface area contributed by atoms with Crippen molar-refractivity contribution in [3.05, 3.63) is 123 Å². The summed E-state index contributed by atoms with van der Waals surface area (Å²) in [4.78, 5) is 28.0. The van der Waals surface area contributed by atoms with Gasteiger partial charge in [-0.1, -0.05) is 113 Å². The number of carbonyl (C=O) groups excluding carboxylic acids is 2. The van der Waals surface area contributed by atoms with E-state index >= 15 is 0 Å². The van der Waals surface area contributed by atoms with Crippen LogP contribution < -0.4 is 4.90 Å². The first-order valence-corrected chi connectivity index (χ1v) is 14.0. The summed E-state index contributed by atoms with van der Waals surface area (Å²) in [5, 5.41) is 20.8. The number of nitrogens with zero attached hydrogens (tertiary/aromatic N) is 3. The van der Waals surface area contributed by atoms with Crippen LogP contribution in [-0.2, 0) is 15.3 Å². The number of ketones is 1. The van der Waals surface area contributed by atoms with E-state index in [1.807, 2.05) is 54.6 Å². The number of benzene rings is 3. The summed E-state index contributed by atoms with van der Waals surface area (Å²) in [6.45, 7) is 0. The van der Waals surface area contributed by atoms with Crippen molar-refractivity contribution in [1.82, 2.24) is 10.2 Å². The number of allylic oxidation sites excluding steroid dienone is 1. The Labute approximate surface area is 237 Å². The molecule has 0 radical (unpaired) electrons. The maximum atomic E-state index is 13.3. The van der Waals surface area contributed by atoms with Gasteiger partial charge in [-0.15, -0.1) is 10.2 Å². The van der Waals surface area contributed by atoms with Gasteiger partial charge < -0.3 is 5.11 Å². The highest BCUT2D eigenvalue weighted by molar-refractivity contribution is 8.00. The smallest absolute Gasteiger partial charge is 0.296 e. The number of hydrogen-bond acceptors (Lipinski definition) is 7. The lowest BCUT2D eigenvalue weighted by Gasteiger charge is -2.23. The lowest BCUT2D eigenvalue weighted by Crippen LogP contribution is -2.30. The molecule has 1 N–H and O–H groups in total. The van der Waals surface area contributed by atoms with Crippen LogP contribution in [0.25, 0.3) is 6.08 Å². The summed E-state index contributed by atoms with van der Waals surface area (Å²) < 4.78 is 0.616. The fourth-order valence-electron chi connectivity index (χ4n) is 3.95. The molecule has 0 saturated carbocycles. The second-order valence-corrected chi connectivity index (χ2v) is 11.3. The highest BCUT2D eigenvalue weighted by atomic mass is 35.5. The molecule has 1 unspecified atom stereocenters. The third kappa shape index (κ3) is 5.54. The first-order valence-electron chi connectivity index (χ1n) is 11.4. The lowest BCUT2D eigenvalue weighted by molar-refractivity contribution is -0.117. The van der Waals surface area contributed by atoms with Gasteiger partial charge in [0.15, 0.2) is 15.9 Å². The Morgan fingerprint density at radius 1 is 1.00 bits per heavy atom. The molecule has 38 heavy (non-hydrogen) atoms. The van der Waals surface area contributed by atoms with Crippen LogP contribution in [0.15, 0.2) is 101 Å². The molecule has 1 atom stereocenters. The molecule has 0 bridgehead atoms. The van der Waals surface area contributed by atoms with Crippen LogP contribution in [0.1, 0.15) is 22.7 Å². The Hall–Kier alpha value is -3.43. The molecular formula is C28H19Cl2N3O3S2. The number of aliphatic hydroxyl groups is 1. The van der Waals surface area contributed by atoms with Crippen LogP contribution in [0.3, 0.4) is 0 Å². The van der Waals surface area contributed by atoms with E-state index in [9.17, 15) is 14.7 Å². The van der Waals surface area contributed by atoms with Gasteiger partial charge in [-0.25, -0.2) is 0 Å².